The zero-order valence-electron chi connectivity index (χ0n) is 19.9. The maximum Gasteiger partial charge on any atom is 0.264 e. The summed E-state index contributed by atoms with van der Waals surface area (Å²) in [6.07, 6.45) is 1.36. The fourth-order valence-electron chi connectivity index (χ4n) is 3.46. The predicted molar refractivity (Wildman–Crippen MR) is 149 cm³/mol. The number of pyridine rings is 1. The zero-order chi connectivity index (χ0) is 26.6. The van der Waals surface area contributed by atoms with E-state index in [0.717, 1.165) is 19.7 Å². The van der Waals surface area contributed by atoms with Crippen LogP contribution in [0.15, 0.2) is 87.3 Å². The number of hydrogen-bond donors (Lipinski definition) is 1. The summed E-state index contributed by atoms with van der Waals surface area (Å²) in [4.78, 5) is 17.2. The minimum Gasteiger partial charge on any atom is -0.497 e. The van der Waals surface area contributed by atoms with E-state index in [1.165, 1.54) is 18.3 Å². The molecule has 0 unspecified atom stereocenters. The van der Waals surface area contributed by atoms with E-state index in [1.54, 1.807) is 61.7 Å². The topological polar surface area (TPSA) is 101 Å². The van der Waals surface area contributed by atoms with Gasteiger partial charge in [0, 0.05) is 21.5 Å². The van der Waals surface area contributed by atoms with Crippen molar-refractivity contribution in [2.24, 2.45) is 5.10 Å². The van der Waals surface area contributed by atoms with Crippen LogP contribution in [0.25, 0.3) is 10.9 Å². The smallest absolute Gasteiger partial charge is 0.264 e. The first kappa shape index (κ1) is 26.6. The molecule has 1 N–H and O–H groups in total. The summed E-state index contributed by atoms with van der Waals surface area (Å²) < 4.78 is 33.9. The third-order valence-electron chi connectivity index (χ3n) is 5.41. The van der Waals surface area contributed by atoms with Gasteiger partial charge in [0.1, 0.15) is 17.4 Å². The van der Waals surface area contributed by atoms with Crippen molar-refractivity contribution < 1.29 is 17.9 Å². The van der Waals surface area contributed by atoms with Crippen LogP contribution in [-0.4, -0.2) is 39.2 Å². The van der Waals surface area contributed by atoms with Gasteiger partial charge >= 0.3 is 0 Å². The van der Waals surface area contributed by atoms with Crippen molar-refractivity contribution in [1.82, 2.24) is 10.4 Å². The highest BCUT2D eigenvalue weighted by Crippen LogP contribution is 2.26. The lowest BCUT2D eigenvalue weighted by molar-refractivity contribution is -0.119. The monoisotopic (exact) mass is 600 g/mol. The number of hydrazone groups is 1. The maximum absolute atomic E-state index is 13.4. The van der Waals surface area contributed by atoms with Crippen LogP contribution < -0.4 is 14.5 Å². The average Bonchev–Trinajstić information content (AvgIpc) is 2.88. The summed E-state index contributed by atoms with van der Waals surface area (Å²) in [6.45, 7) is 1.38. The predicted octanol–water partition coefficient (Wildman–Crippen LogP) is 5.31. The molecule has 0 atom stereocenters. The standard InChI is InChI=1S/C26H22BrClN4O4S/c1-17-3-11-23(12-4-17)37(34,35)32(21-8-6-20(27)7-9-21)16-25(33)31-29-15-19-13-18-5-10-22(36-2)14-24(18)30-26(19)28/h3-15H,16H2,1-2H3,(H,31,33)/b29-15-. The normalized spacial score (nSPS) is 11.6. The molecule has 190 valence electrons. The second kappa shape index (κ2) is 11.3. The van der Waals surface area contributed by atoms with Gasteiger partial charge in [-0.15, -0.1) is 0 Å². The minimum absolute atomic E-state index is 0.0722. The number of hydrogen-bond acceptors (Lipinski definition) is 6. The lowest BCUT2D eigenvalue weighted by Gasteiger charge is -2.23. The molecule has 0 aliphatic heterocycles. The van der Waals surface area contributed by atoms with Crippen molar-refractivity contribution in [1.29, 1.82) is 0 Å². The molecule has 3 aromatic carbocycles. The molecule has 0 aliphatic carbocycles. The van der Waals surface area contributed by atoms with Crippen LogP contribution in [0.5, 0.6) is 5.75 Å². The molecular formula is C26H22BrClN4O4S. The number of carbonyl (C=O) groups excluding carboxylic acids is 1. The van der Waals surface area contributed by atoms with E-state index < -0.39 is 22.5 Å². The molecular weight excluding hydrogens is 580 g/mol. The van der Waals surface area contributed by atoms with Gasteiger partial charge in [0.15, 0.2) is 0 Å². The van der Waals surface area contributed by atoms with E-state index >= 15 is 0 Å². The second-order valence-corrected chi connectivity index (χ2v) is 11.2. The number of sulfonamides is 1. The van der Waals surface area contributed by atoms with Gasteiger partial charge < -0.3 is 4.74 Å². The fourth-order valence-corrected chi connectivity index (χ4v) is 5.34. The van der Waals surface area contributed by atoms with Gasteiger partial charge in [-0.1, -0.05) is 45.2 Å². The van der Waals surface area contributed by atoms with Crippen LogP contribution in [0.2, 0.25) is 5.15 Å². The molecule has 1 heterocycles. The highest BCUT2D eigenvalue weighted by Gasteiger charge is 2.27. The molecule has 0 aliphatic rings. The number of carbonyl (C=O) groups is 1. The van der Waals surface area contributed by atoms with Gasteiger partial charge in [-0.3, -0.25) is 9.10 Å². The van der Waals surface area contributed by atoms with Crippen molar-refractivity contribution in [2.75, 3.05) is 18.0 Å². The first-order chi connectivity index (χ1) is 17.7. The summed E-state index contributed by atoms with van der Waals surface area (Å²) in [5.41, 5.74) is 4.76. The number of methoxy groups -OCH3 is 1. The van der Waals surface area contributed by atoms with Crippen molar-refractivity contribution >= 4 is 66.3 Å². The summed E-state index contributed by atoms with van der Waals surface area (Å²) in [6, 6.07) is 20.2. The number of rotatable bonds is 8. The molecule has 0 fully saturated rings. The van der Waals surface area contributed by atoms with Crippen LogP contribution in [0.1, 0.15) is 11.1 Å². The number of aryl methyl sites for hydroxylation is 1. The molecule has 8 nitrogen and oxygen atoms in total. The number of halogens is 2. The number of nitrogens with zero attached hydrogens (tertiary/aromatic N) is 3. The Morgan fingerprint density at radius 2 is 1.81 bits per heavy atom. The van der Waals surface area contributed by atoms with Gasteiger partial charge in [0.2, 0.25) is 0 Å². The highest BCUT2D eigenvalue weighted by atomic mass is 79.9. The number of nitrogens with one attached hydrogen (secondary N) is 1. The van der Waals surface area contributed by atoms with E-state index in [2.05, 4.69) is 31.4 Å². The van der Waals surface area contributed by atoms with E-state index in [1.807, 2.05) is 13.0 Å². The van der Waals surface area contributed by atoms with Crippen LogP contribution in [0, 0.1) is 6.92 Å². The zero-order valence-corrected chi connectivity index (χ0v) is 23.0. The number of anilines is 1. The summed E-state index contributed by atoms with van der Waals surface area (Å²) in [5, 5.41) is 4.97. The molecule has 37 heavy (non-hydrogen) atoms. The maximum atomic E-state index is 13.4. The molecule has 11 heteroatoms. The van der Waals surface area contributed by atoms with Gasteiger partial charge in [-0.05, 0) is 61.5 Å². The summed E-state index contributed by atoms with van der Waals surface area (Å²) in [7, 11) is -2.46. The lowest BCUT2D eigenvalue weighted by atomic mass is 10.1. The molecule has 0 saturated heterocycles. The van der Waals surface area contributed by atoms with E-state index in [0.29, 0.717) is 22.5 Å². The van der Waals surface area contributed by atoms with Crippen LogP contribution in [0.4, 0.5) is 5.69 Å². The Bertz CT molecular complexity index is 1580. The fraction of sp³-hybridized carbons (Fsp3) is 0.115. The average molecular weight is 602 g/mol. The molecule has 1 aromatic heterocycles. The Balaban J connectivity index is 1.55. The van der Waals surface area contributed by atoms with Gasteiger partial charge in [-0.25, -0.2) is 18.8 Å². The number of fused-ring (bicyclic) bond motifs is 1. The van der Waals surface area contributed by atoms with Gasteiger partial charge in [-0.2, -0.15) is 5.10 Å². The van der Waals surface area contributed by atoms with Crippen LogP contribution >= 0.6 is 27.5 Å². The molecule has 4 rings (SSSR count). The van der Waals surface area contributed by atoms with Crippen molar-refractivity contribution in [2.45, 2.75) is 11.8 Å². The Kier molecular flexibility index (Phi) is 8.11. The molecule has 0 spiro atoms. The van der Waals surface area contributed by atoms with Crippen molar-refractivity contribution in [3.63, 3.8) is 0 Å². The van der Waals surface area contributed by atoms with E-state index in [4.69, 9.17) is 16.3 Å². The first-order valence-electron chi connectivity index (χ1n) is 11.0. The molecule has 0 saturated carbocycles. The minimum atomic E-state index is -4.03. The largest absolute Gasteiger partial charge is 0.497 e. The second-order valence-electron chi connectivity index (χ2n) is 8.02. The number of amides is 1. The first-order valence-corrected chi connectivity index (χ1v) is 13.6. The van der Waals surface area contributed by atoms with E-state index in [-0.39, 0.29) is 10.0 Å². The Morgan fingerprint density at radius 1 is 1.11 bits per heavy atom. The Labute approximate surface area is 228 Å². The van der Waals surface area contributed by atoms with Crippen molar-refractivity contribution in [3.8, 4) is 5.75 Å². The summed E-state index contributed by atoms with van der Waals surface area (Å²) >= 11 is 9.63. The number of benzene rings is 3. The SMILES string of the molecule is COc1ccc2cc(/C=N\NC(=O)CN(c3ccc(Br)cc3)S(=O)(=O)c3ccc(C)cc3)c(Cl)nc2c1. The van der Waals surface area contributed by atoms with Crippen molar-refractivity contribution in [3.05, 3.63) is 93.5 Å². The molecule has 1 amide bonds. The van der Waals surface area contributed by atoms with Gasteiger partial charge in [0.25, 0.3) is 15.9 Å². The Morgan fingerprint density at radius 3 is 2.49 bits per heavy atom. The van der Waals surface area contributed by atoms with Crippen LogP contribution in [-0.2, 0) is 14.8 Å². The third-order valence-corrected chi connectivity index (χ3v) is 8.03. The number of aromatic nitrogens is 1. The van der Waals surface area contributed by atoms with Gasteiger partial charge in [0.05, 0.1) is 29.4 Å². The quantitative estimate of drug-likeness (QED) is 0.168. The third kappa shape index (κ3) is 6.27. The molecule has 0 radical (unpaired) electrons. The lowest BCUT2D eigenvalue weighted by Crippen LogP contribution is -2.39. The molecule has 4 aromatic rings. The Hall–Kier alpha value is -3.47. The number of ether oxygens (including phenoxy) is 1. The van der Waals surface area contributed by atoms with Crippen LogP contribution in [0.3, 0.4) is 0 Å². The summed E-state index contributed by atoms with van der Waals surface area (Å²) in [5.74, 6) is 0.0186. The molecule has 0 bridgehead atoms. The van der Waals surface area contributed by atoms with E-state index in [9.17, 15) is 13.2 Å². The highest BCUT2D eigenvalue weighted by molar-refractivity contribution is 9.10.